The summed E-state index contributed by atoms with van der Waals surface area (Å²) in [7, 11) is -6.99. The van der Waals surface area contributed by atoms with Crippen LogP contribution in [0.1, 0.15) is 12.8 Å². The van der Waals surface area contributed by atoms with Crippen molar-refractivity contribution in [1.82, 2.24) is 9.03 Å². The van der Waals surface area contributed by atoms with Crippen molar-refractivity contribution >= 4 is 42.7 Å². The molecule has 0 bridgehead atoms. The van der Waals surface area contributed by atoms with Crippen LogP contribution in [0.15, 0.2) is 43.4 Å². The largest absolute Gasteiger partial charge is 0.250 e. The van der Waals surface area contributed by atoms with Gasteiger partial charge in [-0.05, 0) is 41.7 Å². The summed E-state index contributed by atoms with van der Waals surface area (Å²) < 4.78 is 53.8. The van der Waals surface area contributed by atoms with Gasteiger partial charge in [-0.2, -0.15) is 15.6 Å². The molecule has 0 saturated carbocycles. The van der Waals surface area contributed by atoms with Crippen LogP contribution in [-0.2, 0) is 20.0 Å². The van der Waals surface area contributed by atoms with E-state index in [4.69, 9.17) is 0 Å². The summed E-state index contributed by atoms with van der Waals surface area (Å²) in [6.07, 6.45) is 1.54. The van der Waals surface area contributed by atoms with Gasteiger partial charge in [0.15, 0.2) is 0 Å². The number of thiophene rings is 2. The Morgan fingerprint density at radius 1 is 1.21 bits per heavy atom. The standard InChI is InChI=1S/C14H18N2O4S4/c17-23(18,14-4-2-7-22-14)15-9-12-3-1-6-16(10-12)24(19,20)13-5-8-21-11-13/h2,4-5,7-8,11-12,15H,1,3,6,9-10H2/t12-/m1/s1. The van der Waals surface area contributed by atoms with Gasteiger partial charge in [0.05, 0.1) is 4.90 Å². The molecule has 1 aliphatic rings. The van der Waals surface area contributed by atoms with Crippen LogP contribution in [0.25, 0.3) is 0 Å². The summed E-state index contributed by atoms with van der Waals surface area (Å²) in [5, 5.41) is 5.08. The summed E-state index contributed by atoms with van der Waals surface area (Å²) in [6.45, 7) is 1.06. The average Bonchev–Trinajstić information content (AvgIpc) is 3.26. The number of rotatable bonds is 6. The Morgan fingerprint density at radius 2 is 2.04 bits per heavy atom. The number of nitrogens with one attached hydrogen (secondary N) is 1. The van der Waals surface area contributed by atoms with Crippen molar-refractivity contribution in [1.29, 1.82) is 0 Å². The first-order valence-electron chi connectivity index (χ1n) is 7.45. The summed E-state index contributed by atoms with van der Waals surface area (Å²) in [4.78, 5) is 0.312. The number of piperidine rings is 1. The monoisotopic (exact) mass is 406 g/mol. The van der Waals surface area contributed by atoms with Gasteiger partial charge < -0.3 is 0 Å². The first-order valence-corrected chi connectivity index (χ1v) is 12.2. The molecule has 2 aromatic rings. The van der Waals surface area contributed by atoms with E-state index in [9.17, 15) is 16.8 Å². The second-order valence-corrected chi connectivity index (χ2v) is 11.3. The van der Waals surface area contributed by atoms with Gasteiger partial charge >= 0.3 is 0 Å². The molecule has 1 atom stereocenters. The molecule has 1 aliphatic heterocycles. The molecule has 0 aliphatic carbocycles. The zero-order valence-corrected chi connectivity index (χ0v) is 16.1. The predicted molar refractivity (Wildman–Crippen MR) is 95.3 cm³/mol. The van der Waals surface area contributed by atoms with Gasteiger partial charge in [0.25, 0.3) is 0 Å². The lowest BCUT2D eigenvalue weighted by molar-refractivity contribution is 0.267. The van der Waals surface area contributed by atoms with Crippen molar-refractivity contribution in [3.05, 3.63) is 34.3 Å². The first-order chi connectivity index (χ1) is 11.4. The van der Waals surface area contributed by atoms with Crippen molar-refractivity contribution in [3.63, 3.8) is 0 Å². The van der Waals surface area contributed by atoms with Crippen LogP contribution in [-0.4, -0.2) is 40.8 Å². The fraction of sp³-hybridized carbons (Fsp3) is 0.429. The molecule has 0 radical (unpaired) electrons. The van der Waals surface area contributed by atoms with Crippen LogP contribution < -0.4 is 4.72 Å². The lowest BCUT2D eigenvalue weighted by Crippen LogP contribution is -2.43. The zero-order chi connectivity index (χ0) is 17.2. The lowest BCUT2D eigenvalue weighted by Gasteiger charge is -2.31. The molecule has 2 aromatic heterocycles. The van der Waals surface area contributed by atoms with Gasteiger partial charge in [0, 0.05) is 25.0 Å². The maximum Gasteiger partial charge on any atom is 0.250 e. The van der Waals surface area contributed by atoms with E-state index in [1.165, 1.54) is 15.6 Å². The second kappa shape index (κ2) is 7.22. The Kier molecular flexibility index (Phi) is 5.42. The van der Waals surface area contributed by atoms with Gasteiger partial charge in [0.1, 0.15) is 4.21 Å². The molecule has 132 valence electrons. The molecule has 10 heteroatoms. The van der Waals surface area contributed by atoms with E-state index in [0.717, 1.165) is 24.2 Å². The third-order valence-corrected chi connectivity index (χ3v) is 9.45. The quantitative estimate of drug-likeness (QED) is 0.797. The molecule has 3 heterocycles. The maximum atomic E-state index is 12.6. The van der Waals surface area contributed by atoms with E-state index in [1.54, 1.807) is 34.3 Å². The molecule has 0 aromatic carbocycles. The molecule has 24 heavy (non-hydrogen) atoms. The van der Waals surface area contributed by atoms with Crippen LogP contribution in [0.2, 0.25) is 0 Å². The molecule has 0 unspecified atom stereocenters. The van der Waals surface area contributed by atoms with Gasteiger partial charge in [-0.3, -0.25) is 0 Å². The summed E-state index contributed by atoms with van der Waals surface area (Å²) >= 11 is 2.51. The molecular weight excluding hydrogens is 388 g/mol. The molecule has 3 rings (SSSR count). The van der Waals surface area contributed by atoms with Crippen molar-refractivity contribution in [2.75, 3.05) is 19.6 Å². The third-order valence-electron chi connectivity index (χ3n) is 3.94. The van der Waals surface area contributed by atoms with Gasteiger partial charge in [-0.15, -0.1) is 11.3 Å². The molecular formula is C14H18N2O4S4. The van der Waals surface area contributed by atoms with E-state index in [2.05, 4.69) is 4.72 Å². The summed E-state index contributed by atoms with van der Waals surface area (Å²) in [5.74, 6) is -0.0260. The van der Waals surface area contributed by atoms with Gasteiger partial charge in [-0.25, -0.2) is 21.6 Å². The Hall–Kier alpha value is -0.780. The fourth-order valence-corrected chi connectivity index (χ4v) is 7.40. The highest BCUT2D eigenvalue weighted by molar-refractivity contribution is 7.91. The van der Waals surface area contributed by atoms with E-state index >= 15 is 0 Å². The smallest absolute Gasteiger partial charge is 0.210 e. The van der Waals surface area contributed by atoms with Crippen LogP contribution in [0.3, 0.4) is 0 Å². The highest BCUT2D eigenvalue weighted by Gasteiger charge is 2.31. The normalized spacial score (nSPS) is 20.2. The molecule has 1 fully saturated rings. The number of nitrogens with zero attached hydrogens (tertiary/aromatic N) is 1. The van der Waals surface area contributed by atoms with Crippen LogP contribution in [0.5, 0.6) is 0 Å². The van der Waals surface area contributed by atoms with E-state index < -0.39 is 20.0 Å². The first kappa shape index (κ1) is 18.0. The van der Waals surface area contributed by atoms with Gasteiger partial charge in [0.2, 0.25) is 20.0 Å². The predicted octanol–water partition coefficient (Wildman–Crippen LogP) is 2.19. The number of sulfonamides is 2. The topological polar surface area (TPSA) is 83.6 Å². The van der Waals surface area contributed by atoms with Crippen molar-refractivity contribution in [2.24, 2.45) is 5.92 Å². The molecule has 0 amide bonds. The molecule has 1 saturated heterocycles. The maximum absolute atomic E-state index is 12.6. The van der Waals surface area contributed by atoms with Crippen LogP contribution in [0, 0.1) is 5.92 Å². The van der Waals surface area contributed by atoms with E-state index in [-0.39, 0.29) is 16.7 Å². The summed E-state index contributed by atoms with van der Waals surface area (Å²) in [5.41, 5.74) is 0. The van der Waals surface area contributed by atoms with Crippen LogP contribution in [0.4, 0.5) is 0 Å². The molecule has 6 nitrogen and oxygen atoms in total. The second-order valence-electron chi connectivity index (χ2n) is 5.61. The highest BCUT2D eigenvalue weighted by atomic mass is 32.2. The van der Waals surface area contributed by atoms with Gasteiger partial charge in [-0.1, -0.05) is 6.07 Å². The summed E-state index contributed by atoms with van der Waals surface area (Å²) in [6, 6.07) is 4.85. The van der Waals surface area contributed by atoms with Crippen molar-refractivity contribution in [2.45, 2.75) is 21.9 Å². The molecule has 0 spiro atoms. The highest BCUT2D eigenvalue weighted by Crippen LogP contribution is 2.25. The minimum Gasteiger partial charge on any atom is -0.210 e. The SMILES string of the molecule is O=S(=O)(NC[C@H]1CCCN(S(=O)(=O)c2ccsc2)C1)c1cccs1. The molecule has 1 N–H and O–H groups in total. The van der Waals surface area contributed by atoms with E-state index in [0.29, 0.717) is 18.0 Å². The van der Waals surface area contributed by atoms with Crippen molar-refractivity contribution < 1.29 is 16.8 Å². The van der Waals surface area contributed by atoms with E-state index in [1.807, 2.05) is 0 Å². The Morgan fingerprint density at radius 3 is 2.71 bits per heavy atom. The average molecular weight is 407 g/mol. The Labute approximate surface area is 150 Å². The third kappa shape index (κ3) is 3.89. The lowest BCUT2D eigenvalue weighted by atomic mass is 10.0. The van der Waals surface area contributed by atoms with Crippen LogP contribution >= 0.6 is 22.7 Å². The van der Waals surface area contributed by atoms with Crippen molar-refractivity contribution in [3.8, 4) is 0 Å². The Balaban J connectivity index is 1.64. The number of hydrogen-bond acceptors (Lipinski definition) is 6. The Bertz CT molecular complexity index is 858. The minimum absolute atomic E-state index is 0.0260. The minimum atomic E-state index is -3.51. The zero-order valence-electron chi connectivity index (χ0n) is 12.8. The fourth-order valence-electron chi connectivity index (χ4n) is 2.67. The number of hydrogen-bond donors (Lipinski definition) is 1.